The normalized spacial score (nSPS) is 15.8. The summed E-state index contributed by atoms with van der Waals surface area (Å²) in [6, 6.07) is 10.1. The van der Waals surface area contributed by atoms with Crippen LogP contribution in [-0.4, -0.2) is 31.3 Å². The van der Waals surface area contributed by atoms with E-state index in [9.17, 15) is 13.2 Å². The highest BCUT2D eigenvalue weighted by Crippen LogP contribution is 2.42. The smallest absolute Gasteiger partial charge is 0.420 e. The second-order valence-corrected chi connectivity index (χ2v) is 7.53. The van der Waals surface area contributed by atoms with Crippen molar-refractivity contribution in [2.45, 2.75) is 25.1 Å². The molecule has 1 aliphatic heterocycles. The molecule has 0 aliphatic carbocycles. The maximum Gasteiger partial charge on any atom is 0.420 e. The first-order valence-corrected chi connectivity index (χ1v) is 9.83. The lowest BCUT2D eigenvalue weighted by molar-refractivity contribution is -0.139. The lowest BCUT2D eigenvalue weighted by atomic mass is 10.1. The monoisotopic (exact) mass is 408 g/mol. The summed E-state index contributed by atoms with van der Waals surface area (Å²) in [4.78, 5) is 6.61. The molecular formula is C20H19F3N2O2S. The van der Waals surface area contributed by atoms with Crippen LogP contribution in [0.2, 0.25) is 0 Å². The predicted octanol–water partition coefficient (Wildman–Crippen LogP) is 5.37. The van der Waals surface area contributed by atoms with Gasteiger partial charge in [-0.05, 0) is 30.3 Å². The molecule has 3 aromatic rings. The molecule has 0 N–H and O–H groups in total. The van der Waals surface area contributed by atoms with Crippen LogP contribution in [0.5, 0.6) is 11.5 Å². The molecule has 0 spiro atoms. The molecule has 1 saturated heterocycles. The average molecular weight is 408 g/mol. The van der Waals surface area contributed by atoms with Crippen LogP contribution in [0.4, 0.5) is 18.9 Å². The number of alkyl halides is 3. The van der Waals surface area contributed by atoms with E-state index in [4.69, 9.17) is 9.47 Å². The number of anilines is 1. The Morgan fingerprint density at radius 3 is 2.64 bits per heavy atom. The molecule has 1 aromatic heterocycles. The number of rotatable bonds is 4. The predicted molar refractivity (Wildman–Crippen MR) is 103 cm³/mol. The summed E-state index contributed by atoms with van der Waals surface area (Å²) in [5.41, 5.74) is 3.10. The van der Waals surface area contributed by atoms with E-state index in [0.717, 1.165) is 35.1 Å². The average Bonchev–Trinajstić information content (AvgIpc) is 3.15. The van der Waals surface area contributed by atoms with E-state index >= 15 is 0 Å². The van der Waals surface area contributed by atoms with Crippen molar-refractivity contribution in [2.75, 3.05) is 25.1 Å². The molecule has 0 amide bonds. The van der Waals surface area contributed by atoms with E-state index < -0.39 is 11.7 Å². The molecule has 1 fully saturated rings. The minimum atomic E-state index is -4.48. The van der Waals surface area contributed by atoms with E-state index in [2.05, 4.69) is 28.1 Å². The van der Waals surface area contributed by atoms with Crippen molar-refractivity contribution in [3.8, 4) is 11.5 Å². The number of hydrogen-bond donors (Lipinski definition) is 0. The molecule has 1 aliphatic rings. The minimum absolute atomic E-state index is 0.139. The first kappa shape index (κ1) is 18.9. The number of para-hydroxylation sites is 1. The number of benzene rings is 2. The van der Waals surface area contributed by atoms with Gasteiger partial charge in [-0.2, -0.15) is 13.2 Å². The van der Waals surface area contributed by atoms with Crippen LogP contribution in [0.25, 0.3) is 10.2 Å². The zero-order chi connectivity index (χ0) is 19.7. The van der Waals surface area contributed by atoms with E-state index in [0.29, 0.717) is 12.8 Å². The number of thiazole rings is 1. The largest absolute Gasteiger partial charge is 0.492 e. The summed E-state index contributed by atoms with van der Waals surface area (Å²) in [6.45, 7) is 1.53. The number of piperidine rings is 1. The third-order valence-corrected chi connectivity index (χ3v) is 5.71. The van der Waals surface area contributed by atoms with E-state index in [-0.39, 0.29) is 17.6 Å². The number of methoxy groups -OCH3 is 1. The lowest BCUT2D eigenvalue weighted by Crippen LogP contribution is -2.38. The molecule has 4 nitrogen and oxygen atoms in total. The molecule has 0 radical (unpaired) electrons. The van der Waals surface area contributed by atoms with Gasteiger partial charge in [0, 0.05) is 31.6 Å². The fourth-order valence-corrected chi connectivity index (χ4v) is 4.16. The van der Waals surface area contributed by atoms with Gasteiger partial charge >= 0.3 is 6.18 Å². The zero-order valence-corrected chi connectivity index (χ0v) is 16.0. The van der Waals surface area contributed by atoms with Crippen molar-refractivity contribution in [2.24, 2.45) is 0 Å². The minimum Gasteiger partial charge on any atom is -0.492 e. The number of nitrogens with zero attached hydrogens (tertiary/aromatic N) is 2. The third-order valence-electron chi connectivity index (χ3n) is 4.90. The Morgan fingerprint density at radius 1 is 1.14 bits per heavy atom. The summed E-state index contributed by atoms with van der Waals surface area (Å²) in [5, 5.41) is 0. The highest BCUT2D eigenvalue weighted by molar-refractivity contribution is 7.16. The second kappa shape index (κ2) is 7.50. The van der Waals surface area contributed by atoms with Gasteiger partial charge in [0.05, 0.1) is 22.8 Å². The molecule has 0 atom stereocenters. The van der Waals surface area contributed by atoms with Crippen LogP contribution in [0, 0.1) is 0 Å². The van der Waals surface area contributed by atoms with E-state index in [1.807, 2.05) is 5.51 Å². The summed E-state index contributed by atoms with van der Waals surface area (Å²) in [5.74, 6) is -0.119. The summed E-state index contributed by atoms with van der Waals surface area (Å²) in [7, 11) is 1.23. The Hall–Kier alpha value is -2.48. The maximum absolute atomic E-state index is 13.2. The topological polar surface area (TPSA) is 34.6 Å². The molecule has 148 valence electrons. The first-order valence-electron chi connectivity index (χ1n) is 8.95. The van der Waals surface area contributed by atoms with Gasteiger partial charge in [-0.15, -0.1) is 11.3 Å². The molecule has 2 aromatic carbocycles. The molecule has 8 heteroatoms. The van der Waals surface area contributed by atoms with Crippen molar-refractivity contribution < 1.29 is 22.6 Å². The van der Waals surface area contributed by atoms with Gasteiger partial charge in [-0.3, -0.25) is 0 Å². The quantitative estimate of drug-likeness (QED) is 0.581. The van der Waals surface area contributed by atoms with Crippen LogP contribution >= 0.6 is 11.3 Å². The van der Waals surface area contributed by atoms with Crippen LogP contribution in [0.3, 0.4) is 0 Å². The van der Waals surface area contributed by atoms with Gasteiger partial charge in [0.2, 0.25) is 0 Å². The number of ether oxygens (including phenoxy) is 2. The van der Waals surface area contributed by atoms with Gasteiger partial charge in [0.15, 0.2) is 11.5 Å². The lowest BCUT2D eigenvalue weighted by Gasteiger charge is -2.34. The number of halogens is 3. The van der Waals surface area contributed by atoms with Crippen LogP contribution < -0.4 is 14.4 Å². The zero-order valence-electron chi connectivity index (χ0n) is 15.2. The molecule has 2 heterocycles. The fourth-order valence-electron chi connectivity index (χ4n) is 3.50. The van der Waals surface area contributed by atoms with Crippen LogP contribution in [-0.2, 0) is 6.18 Å². The maximum atomic E-state index is 13.2. The number of aromatic nitrogens is 1. The molecular weight excluding hydrogens is 389 g/mol. The van der Waals surface area contributed by atoms with Crippen molar-refractivity contribution in [3.05, 3.63) is 47.5 Å². The Morgan fingerprint density at radius 2 is 1.93 bits per heavy atom. The molecule has 28 heavy (non-hydrogen) atoms. The Bertz CT molecular complexity index is 965. The van der Waals surface area contributed by atoms with Gasteiger partial charge in [0.25, 0.3) is 0 Å². The molecule has 0 bridgehead atoms. The highest BCUT2D eigenvalue weighted by atomic mass is 32.1. The van der Waals surface area contributed by atoms with Gasteiger partial charge in [-0.25, -0.2) is 4.98 Å². The summed E-state index contributed by atoms with van der Waals surface area (Å²) >= 11 is 1.61. The third kappa shape index (κ3) is 3.73. The summed E-state index contributed by atoms with van der Waals surface area (Å²) in [6.07, 6.45) is -3.21. The van der Waals surface area contributed by atoms with Gasteiger partial charge < -0.3 is 14.4 Å². The summed E-state index contributed by atoms with van der Waals surface area (Å²) < 4.78 is 51.6. The van der Waals surface area contributed by atoms with Gasteiger partial charge in [0.1, 0.15) is 11.7 Å². The van der Waals surface area contributed by atoms with Crippen LogP contribution in [0.1, 0.15) is 18.4 Å². The van der Waals surface area contributed by atoms with E-state index in [1.165, 1.54) is 19.2 Å². The SMILES string of the molecule is COc1c(OC2CCN(c3ccc4scnc4c3)CC2)cccc1C(F)(F)F. The second-order valence-electron chi connectivity index (χ2n) is 6.64. The first-order chi connectivity index (χ1) is 13.5. The Kier molecular flexibility index (Phi) is 5.05. The standard InChI is InChI=1S/C20H19F3N2O2S/c1-26-19-15(20(21,22)23)3-2-4-17(19)27-14-7-9-25(10-8-14)13-5-6-18-16(11-13)24-12-28-18/h2-6,11-12,14H,7-10H2,1H3. The molecule has 4 rings (SSSR count). The van der Waals surface area contributed by atoms with Gasteiger partial charge in [-0.1, -0.05) is 6.07 Å². The van der Waals surface area contributed by atoms with Crippen molar-refractivity contribution in [1.29, 1.82) is 0 Å². The van der Waals surface area contributed by atoms with Crippen LogP contribution in [0.15, 0.2) is 41.9 Å². The Balaban J connectivity index is 1.44. The molecule has 0 unspecified atom stereocenters. The van der Waals surface area contributed by atoms with Crippen molar-refractivity contribution in [1.82, 2.24) is 4.98 Å². The van der Waals surface area contributed by atoms with Crippen molar-refractivity contribution >= 4 is 27.2 Å². The van der Waals surface area contributed by atoms with E-state index in [1.54, 1.807) is 11.3 Å². The fraction of sp³-hybridized carbons (Fsp3) is 0.350. The number of hydrogen-bond acceptors (Lipinski definition) is 5. The van der Waals surface area contributed by atoms with Crippen molar-refractivity contribution in [3.63, 3.8) is 0 Å². The molecule has 0 saturated carbocycles. The highest BCUT2D eigenvalue weighted by Gasteiger charge is 2.36. The number of fused-ring (bicyclic) bond motifs is 1. The Labute approximate surface area is 164 Å².